The van der Waals surface area contributed by atoms with Gasteiger partial charge in [0.15, 0.2) is 9.84 Å². The summed E-state index contributed by atoms with van der Waals surface area (Å²) < 4.78 is 26.3. The zero-order chi connectivity index (χ0) is 22.8. The number of aromatic nitrogens is 1. The van der Waals surface area contributed by atoms with Gasteiger partial charge in [-0.25, -0.2) is 13.4 Å². The number of hydrogen-bond donors (Lipinski definition) is 1. The maximum absolute atomic E-state index is 12.8. The lowest BCUT2D eigenvalue weighted by molar-refractivity contribution is -0.115. The zero-order valence-electron chi connectivity index (χ0n) is 18.0. The summed E-state index contributed by atoms with van der Waals surface area (Å²) in [4.78, 5) is 19.3. The van der Waals surface area contributed by atoms with E-state index in [1.54, 1.807) is 53.0 Å². The third-order valence-corrected chi connectivity index (χ3v) is 9.88. The number of sulfone groups is 1. The molecule has 33 heavy (non-hydrogen) atoms. The molecule has 0 radical (unpaired) electrons. The Kier molecular flexibility index (Phi) is 6.32. The standard InChI is InChI=1S/C25H24N2O3S3/c28-22(15-16-33(29,30)17-9-3-1-4-10-17)27-25-23(18-11-5-2-6-13-20(18)31-25)24-26-19-12-7-8-14-21(19)32-24/h1,3-4,7-10,12,14H,2,5-6,11,13,15-16H2,(H,27,28). The first-order valence-corrected chi connectivity index (χ1v) is 14.4. The van der Waals surface area contributed by atoms with E-state index in [0.717, 1.165) is 51.5 Å². The molecule has 0 aliphatic heterocycles. The Balaban J connectivity index is 1.42. The molecular weight excluding hydrogens is 472 g/mol. The molecule has 0 spiro atoms. The number of thiophene rings is 1. The minimum Gasteiger partial charge on any atom is -0.317 e. The third-order valence-electron chi connectivity index (χ3n) is 5.88. The second-order valence-electron chi connectivity index (χ2n) is 8.19. The number of hydrogen-bond acceptors (Lipinski definition) is 6. The molecule has 5 rings (SSSR count). The van der Waals surface area contributed by atoms with E-state index in [1.165, 1.54) is 16.9 Å². The van der Waals surface area contributed by atoms with Crippen LogP contribution in [-0.2, 0) is 27.5 Å². The van der Waals surface area contributed by atoms with Crippen molar-refractivity contribution in [1.29, 1.82) is 0 Å². The van der Waals surface area contributed by atoms with Gasteiger partial charge in [-0.1, -0.05) is 36.8 Å². The summed E-state index contributed by atoms with van der Waals surface area (Å²) in [6, 6.07) is 16.3. The molecule has 2 aromatic heterocycles. The topological polar surface area (TPSA) is 76.1 Å². The number of benzene rings is 2. The molecule has 1 amide bonds. The highest BCUT2D eigenvalue weighted by Crippen LogP contribution is 2.45. The van der Waals surface area contributed by atoms with Crippen molar-refractivity contribution < 1.29 is 13.2 Å². The molecule has 2 aromatic carbocycles. The van der Waals surface area contributed by atoms with Crippen LogP contribution in [0.5, 0.6) is 0 Å². The molecule has 0 fully saturated rings. The Morgan fingerprint density at radius 3 is 2.52 bits per heavy atom. The highest BCUT2D eigenvalue weighted by molar-refractivity contribution is 7.91. The normalized spacial score (nSPS) is 14.1. The highest BCUT2D eigenvalue weighted by Gasteiger charge is 2.25. The van der Waals surface area contributed by atoms with Gasteiger partial charge in [0.1, 0.15) is 10.0 Å². The smallest absolute Gasteiger partial charge is 0.226 e. The van der Waals surface area contributed by atoms with E-state index >= 15 is 0 Å². The van der Waals surface area contributed by atoms with Gasteiger partial charge in [-0.05, 0) is 55.5 Å². The Morgan fingerprint density at radius 1 is 0.939 bits per heavy atom. The van der Waals surface area contributed by atoms with Crippen molar-refractivity contribution >= 4 is 53.6 Å². The van der Waals surface area contributed by atoms with Crippen LogP contribution >= 0.6 is 22.7 Å². The number of rotatable bonds is 6. The molecule has 0 bridgehead atoms. The van der Waals surface area contributed by atoms with Crippen LogP contribution in [0.3, 0.4) is 0 Å². The molecule has 1 aliphatic rings. The van der Waals surface area contributed by atoms with E-state index in [0.29, 0.717) is 0 Å². The molecule has 5 nitrogen and oxygen atoms in total. The number of nitrogens with zero attached hydrogens (tertiary/aromatic N) is 1. The molecular formula is C25H24N2O3S3. The lowest BCUT2D eigenvalue weighted by Crippen LogP contribution is -2.17. The second-order valence-corrected chi connectivity index (χ2v) is 12.4. The van der Waals surface area contributed by atoms with Gasteiger partial charge < -0.3 is 5.32 Å². The van der Waals surface area contributed by atoms with Crippen LogP contribution in [-0.4, -0.2) is 25.1 Å². The predicted molar refractivity (Wildman–Crippen MR) is 136 cm³/mol. The average Bonchev–Trinajstić information content (AvgIpc) is 3.31. The Hall–Kier alpha value is -2.55. The van der Waals surface area contributed by atoms with Crippen LogP contribution in [0.15, 0.2) is 59.5 Å². The SMILES string of the molecule is O=C(CCS(=O)(=O)c1ccccc1)Nc1sc2c(c1-c1nc3ccccc3s1)CCCCC2. The number of fused-ring (bicyclic) bond motifs is 2. The molecule has 0 saturated heterocycles. The molecule has 0 atom stereocenters. The first kappa shape index (κ1) is 22.3. The molecule has 8 heteroatoms. The van der Waals surface area contributed by atoms with Crippen LogP contribution in [0.2, 0.25) is 0 Å². The lowest BCUT2D eigenvalue weighted by Gasteiger charge is -2.08. The Morgan fingerprint density at radius 2 is 1.70 bits per heavy atom. The fourth-order valence-corrected chi connectivity index (χ4v) is 7.88. The zero-order valence-corrected chi connectivity index (χ0v) is 20.5. The summed E-state index contributed by atoms with van der Waals surface area (Å²) in [5.74, 6) is -0.502. The summed E-state index contributed by atoms with van der Waals surface area (Å²) in [5, 5.41) is 4.75. The van der Waals surface area contributed by atoms with Crippen LogP contribution in [0.25, 0.3) is 20.8 Å². The maximum Gasteiger partial charge on any atom is 0.226 e. The van der Waals surface area contributed by atoms with Gasteiger partial charge in [-0.3, -0.25) is 4.79 Å². The molecule has 0 unspecified atom stereocenters. The number of aryl methyl sites for hydroxylation is 1. The molecule has 0 saturated carbocycles. The van der Waals surface area contributed by atoms with Crippen LogP contribution in [0.1, 0.15) is 36.1 Å². The van der Waals surface area contributed by atoms with Gasteiger partial charge in [-0.2, -0.15) is 0 Å². The summed E-state index contributed by atoms with van der Waals surface area (Å²) in [7, 11) is -3.50. The van der Waals surface area contributed by atoms with Crippen molar-refractivity contribution in [2.24, 2.45) is 0 Å². The number of amides is 1. The molecule has 4 aromatic rings. The molecule has 170 valence electrons. The number of nitrogens with one attached hydrogen (secondary N) is 1. The molecule has 2 heterocycles. The average molecular weight is 497 g/mol. The van der Waals surface area contributed by atoms with Gasteiger partial charge in [0, 0.05) is 16.9 Å². The van der Waals surface area contributed by atoms with Crippen LogP contribution in [0.4, 0.5) is 5.00 Å². The van der Waals surface area contributed by atoms with Crippen molar-refractivity contribution in [3.63, 3.8) is 0 Å². The number of anilines is 1. The van der Waals surface area contributed by atoms with E-state index in [9.17, 15) is 13.2 Å². The molecule has 1 aliphatic carbocycles. The number of para-hydroxylation sites is 1. The maximum atomic E-state index is 12.8. The number of carbonyl (C=O) groups excluding carboxylic acids is 1. The third kappa shape index (κ3) is 4.74. The van der Waals surface area contributed by atoms with E-state index in [4.69, 9.17) is 4.98 Å². The summed E-state index contributed by atoms with van der Waals surface area (Å²) in [5.41, 5.74) is 3.28. The van der Waals surface area contributed by atoms with Crippen molar-refractivity contribution in [2.45, 2.75) is 43.4 Å². The van der Waals surface area contributed by atoms with Crippen molar-refractivity contribution in [3.05, 3.63) is 65.0 Å². The summed E-state index contributed by atoms with van der Waals surface area (Å²) >= 11 is 3.26. The van der Waals surface area contributed by atoms with Crippen LogP contribution in [0, 0.1) is 0 Å². The van der Waals surface area contributed by atoms with Crippen molar-refractivity contribution in [3.8, 4) is 10.6 Å². The van der Waals surface area contributed by atoms with Crippen molar-refractivity contribution in [1.82, 2.24) is 4.98 Å². The van der Waals surface area contributed by atoms with Crippen molar-refractivity contribution in [2.75, 3.05) is 11.1 Å². The monoisotopic (exact) mass is 496 g/mol. The van der Waals surface area contributed by atoms with Gasteiger partial charge in [0.2, 0.25) is 5.91 Å². The lowest BCUT2D eigenvalue weighted by atomic mass is 10.1. The Bertz CT molecular complexity index is 1370. The Labute approximate surface area is 201 Å². The fourth-order valence-electron chi connectivity index (χ4n) is 4.20. The van der Waals surface area contributed by atoms with Gasteiger partial charge >= 0.3 is 0 Å². The van der Waals surface area contributed by atoms with E-state index in [1.807, 2.05) is 18.2 Å². The van der Waals surface area contributed by atoms with Gasteiger partial charge in [0.25, 0.3) is 0 Å². The number of carbonyl (C=O) groups is 1. The quantitative estimate of drug-likeness (QED) is 0.328. The van der Waals surface area contributed by atoms with E-state index in [2.05, 4.69) is 11.4 Å². The van der Waals surface area contributed by atoms with Crippen LogP contribution < -0.4 is 5.32 Å². The van der Waals surface area contributed by atoms with Gasteiger partial charge in [-0.15, -0.1) is 22.7 Å². The first-order valence-electron chi connectivity index (χ1n) is 11.1. The number of thiazole rings is 1. The van der Waals surface area contributed by atoms with E-state index in [-0.39, 0.29) is 23.0 Å². The first-order chi connectivity index (χ1) is 16.0. The predicted octanol–water partition coefficient (Wildman–Crippen LogP) is 6.10. The van der Waals surface area contributed by atoms with Gasteiger partial charge in [0.05, 0.1) is 20.9 Å². The fraction of sp³-hybridized carbons (Fsp3) is 0.280. The molecule has 1 N–H and O–H groups in total. The highest BCUT2D eigenvalue weighted by atomic mass is 32.2. The van der Waals surface area contributed by atoms with E-state index < -0.39 is 9.84 Å². The second kappa shape index (κ2) is 9.37. The summed E-state index contributed by atoms with van der Waals surface area (Å²) in [6.45, 7) is 0. The minimum absolute atomic E-state index is 0.0842. The largest absolute Gasteiger partial charge is 0.317 e. The minimum atomic E-state index is -3.50. The summed E-state index contributed by atoms with van der Waals surface area (Å²) in [6.07, 6.45) is 5.39.